The van der Waals surface area contributed by atoms with E-state index in [1.165, 1.54) is 25.4 Å². The van der Waals surface area contributed by atoms with Crippen LogP contribution in [0.1, 0.15) is 13.8 Å². The lowest BCUT2D eigenvalue weighted by Crippen LogP contribution is -2.45. The van der Waals surface area contributed by atoms with Crippen molar-refractivity contribution in [3.8, 4) is 0 Å². The summed E-state index contributed by atoms with van der Waals surface area (Å²) in [6.45, 7) is 6.70. The summed E-state index contributed by atoms with van der Waals surface area (Å²) in [7, 11) is 0. The maximum absolute atomic E-state index is 11.3. The third-order valence-electron chi connectivity index (χ3n) is 2.37. The minimum Gasteiger partial charge on any atom is -0.381 e. The first-order valence-corrected chi connectivity index (χ1v) is 6.46. The third-order valence-corrected chi connectivity index (χ3v) is 3.32. The molecule has 0 radical (unpaired) electrons. The molecule has 0 spiro atoms. The maximum Gasteiger partial charge on any atom is 0.251 e. The van der Waals surface area contributed by atoms with Gasteiger partial charge in [-0.2, -0.15) is 11.8 Å². The molecule has 15 heavy (non-hydrogen) atoms. The Morgan fingerprint density at radius 3 is 2.60 bits per heavy atom. The van der Waals surface area contributed by atoms with Gasteiger partial charge in [-0.25, -0.2) is 0 Å². The minimum atomic E-state index is -1.27. The highest BCUT2D eigenvalue weighted by molar-refractivity contribution is 7.99. The van der Waals surface area contributed by atoms with E-state index in [1.54, 1.807) is 0 Å². The molecular weight excluding hydrogens is 212 g/mol. The van der Waals surface area contributed by atoms with Crippen molar-refractivity contribution in [2.75, 3.05) is 37.7 Å². The summed E-state index contributed by atoms with van der Waals surface area (Å²) in [4.78, 5) is 13.7. The van der Waals surface area contributed by atoms with Gasteiger partial charge < -0.3 is 10.4 Å². The Balaban J connectivity index is 2.12. The molecule has 1 amide bonds. The Hall–Kier alpha value is -0.260. The lowest BCUT2D eigenvalue weighted by atomic mass is 10.1. The van der Waals surface area contributed by atoms with E-state index in [-0.39, 0.29) is 5.91 Å². The van der Waals surface area contributed by atoms with Gasteiger partial charge in [0, 0.05) is 37.7 Å². The number of hydrogen-bond donors (Lipinski definition) is 2. The third kappa shape index (κ3) is 4.86. The van der Waals surface area contributed by atoms with Gasteiger partial charge in [-0.15, -0.1) is 0 Å². The van der Waals surface area contributed by atoms with Gasteiger partial charge >= 0.3 is 0 Å². The van der Waals surface area contributed by atoms with Crippen LogP contribution in [0.2, 0.25) is 0 Å². The van der Waals surface area contributed by atoms with Gasteiger partial charge in [0.25, 0.3) is 5.91 Å². The summed E-state index contributed by atoms with van der Waals surface area (Å²) < 4.78 is 0. The van der Waals surface area contributed by atoms with Crippen LogP contribution in [0.25, 0.3) is 0 Å². The summed E-state index contributed by atoms with van der Waals surface area (Å²) in [6.07, 6.45) is 0. The molecule has 2 N–H and O–H groups in total. The molecule has 88 valence electrons. The largest absolute Gasteiger partial charge is 0.381 e. The SMILES string of the molecule is CC(C)(O)C(=O)NCCN1CCSCC1. The van der Waals surface area contributed by atoms with E-state index in [0.717, 1.165) is 19.6 Å². The van der Waals surface area contributed by atoms with Crippen LogP contribution in [0.5, 0.6) is 0 Å². The number of hydrogen-bond acceptors (Lipinski definition) is 4. The van der Waals surface area contributed by atoms with E-state index in [0.29, 0.717) is 6.54 Å². The Morgan fingerprint density at radius 2 is 2.07 bits per heavy atom. The van der Waals surface area contributed by atoms with Crippen LogP contribution in [0.3, 0.4) is 0 Å². The molecule has 4 nitrogen and oxygen atoms in total. The lowest BCUT2D eigenvalue weighted by molar-refractivity contribution is -0.136. The molecule has 5 heteroatoms. The molecule has 0 bridgehead atoms. The maximum atomic E-state index is 11.3. The molecular formula is C10H20N2O2S. The van der Waals surface area contributed by atoms with Crippen LogP contribution >= 0.6 is 11.8 Å². The van der Waals surface area contributed by atoms with Crippen molar-refractivity contribution in [3.05, 3.63) is 0 Å². The molecule has 0 unspecified atom stereocenters. The van der Waals surface area contributed by atoms with Crippen molar-refractivity contribution in [2.24, 2.45) is 0 Å². The van der Waals surface area contributed by atoms with E-state index in [2.05, 4.69) is 10.2 Å². The van der Waals surface area contributed by atoms with E-state index in [1.807, 2.05) is 11.8 Å². The van der Waals surface area contributed by atoms with Crippen LogP contribution in [-0.2, 0) is 4.79 Å². The van der Waals surface area contributed by atoms with Gasteiger partial charge in [-0.05, 0) is 13.8 Å². The molecule has 0 atom stereocenters. The van der Waals surface area contributed by atoms with E-state index >= 15 is 0 Å². The smallest absolute Gasteiger partial charge is 0.251 e. The van der Waals surface area contributed by atoms with Gasteiger partial charge in [-0.3, -0.25) is 9.69 Å². The van der Waals surface area contributed by atoms with E-state index < -0.39 is 5.60 Å². The van der Waals surface area contributed by atoms with Crippen molar-refractivity contribution < 1.29 is 9.90 Å². The van der Waals surface area contributed by atoms with Crippen molar-refractivity contribution in [1.82, 2.24) is 10.2 Å². The van der Waals surface area contributed by atoms with Gasteiger partial charge in [-0.1, -0.05) is 0 Å². The normalized spacial score (nSPS) is 18.9. The number of thioether (sulfide) groups is 1. The molecule has 0 aromatic rings. The van der Waals surface area contributed by atoms with Crippen molar-refractivity contribution in [2.45, 2.75) is 19.4 Å². The molecule has 0 aliphatic carbocycles. The topological polar surface area (TPSA) is 52.6 Å². The summed E-state index contributed by atoms with van der Waals surface area (Å²) in [5.41, 5.74) is -1.27. The van der Waals surface area contributed by atoms with Crippen molar-refractivity contribution in [3.63, 3.8) is 0 Å². The van der Waals surface area contributed by atoms with Gasteiger partial charge in [0.05, 0.1) is 0 Å². The first-order valence-electron chi connectivity index (χ1n) is 5.31. The number of nitrogens with one attached hydrogen (secondary N) is 1. The molecule has 0 saturated carbocycles. The predicted molar refractivity (Wildman–Crippen MR) is 63.1 cm³/mol. The first-order chi connectivity index (χ1) is 7.00. The minimum absolute atomic E-state index is 0.297. The first kappa shape index (κ1) is 12.8. The van der Waals surface area contributed by atoms with Crippen LogP contribution in [-0.4, -0.2) is 59.2 Å². The molecule has 1 aliphatic heterocycles. The van der Waals surface area contributed by atoms with E-state index in [4.69, 9.17) is 0 Å². The Bertz CT molecular complexity index is 210. The standard InChI is InChI=1S/C10H20N2O2S/c1-10(2,14)9(13)11-3-4-12-5-7-15-8-6-12/h14H,3-8H2,1-2H3,(H,11,13). The van der Waals surface area contributed by atoms with Crippen LogP contribution in [0, 0.1) is 0 Å². The zero-order chi connectivity index (χ0) is 11.3. The van der Waals surface area contributed by atoms with Gasteiger partial charge in [0.2, 0.25) is 0 Å². The fourth-order valence-corrected chi connectivity index (χ4v) is 2.35. The molecule has 0 aromatic heterocycles. The van der Waals surface area contributed by atoms with Crippen LogP contribution in [0.15, 0.2) is 0 Å². The summed E-state index contributed by atoms with van der Waals surface area (Å²) in [5, 5.41) is 12.1. The highest BCUT2D eigenvalue weighted by Gasteiger charge is 2.23. The number of nitrogens with zero attached hydrogens (tertiary/aromatic N) is 1. The summed E-state index contributed by atoms with van der Waals surface area (Å²) >= 11 is 1.97. The van der Waals surface area contributed by atoms with Crippen LogP contribution in [0.4, 0.5) is 0 Å². The second-order valence-corrected chi connectivity index (χ2v) is 5.49. The molecule has 1 fully saturated rings. The quantitative estimate of drug-likeness (QED) is 0.712. The van der Waals surface area contributed by atoms with Crippen molar-refractivity contribution >= 4 is 17.7 Å². The highest BCUT2D eigenvalue weighted by Crippen LogP contribution is 2.08. The average molecular weight is 232 g/mol. The Morgan fingerprint density at radius 1 is 1.47 bits per heavy atom. The summed E-state index contributed by atoms with van der Waals surface area (Å²) in [6, 6.07) is 0. The fourth-order valence-electron chi connectivity index (χ4n) is 1.37. The molecule has 0 aromatic carbocycles. The lowest BCUT2D eigenvalue weighted by Gasteiger charge is -2.26. The zero-order valence-corrected chi connectivity index (χ0v) is 10.3. The number of carbonyl (C=O) groups is 1. The Kier molecular flexibility index (Phi) is 4.89. The van der Waals surface area contributed by atoms with Crippen molar-refractivity contribution in [1.29, 1.82) is 0 Å². The molecule has 1 heterocycles. The van der Waals surface area contributed by atoms with Gasteiger partial charge in [0.1, 0.15) is 5.60 Å². The second kappa shape index (κ2) is 5.72. The Labute approximate surface area is 95.4 Å². The molecule has 1 rings (SSSR count). The number of amides is 1. The average Bonchev–Trinajstić information content (AvgIpc) is 2.18. The van der Waals surface area contributed by atoms with Gasteiger partial charge in [0.15, 0.2) is 0 Å². The molecule has 1 aliphatic rings. The summed E-state index contributed by atoms with van der Waals surface area (Å²) in [5.74, 6) is 2.06. The predicted octanol–water partition coefficient (Wildman–Crippen LogP) is -0.0777. The fraction of sp³-hybridized carbons (Fsp3) is 0.900. The zero-order valence-electron chi connectivity index (χ0n) is 9.45. The monoisotopic (exact) mass is 232 g/mol. The molecule has 1 saturated heterocycles. The highest BCUT2D eigenvalue weighted by atomic mass is 32.2. The number of carbonyl (C=O) groups excluding carboxylic acids is 1. The number of aliphatic hydroxyl groups is 1. The number of rotatable bonds is 4. The second-order valence-electron chi connectivity index (χ2n) is 4.27. The van der Waals surface area contributed by atoms with E-state index in [9.17, 15) is 9.90 Å². The van der Waals surface area contributed by atoms with Crippen LogP contribution < -0.4 is 5.32 Å².